The van der Waals surface area contributed by atoms with Crippen LogP contribution >= 0.6 is 11.3 Å². The van der Waals surface area contributed by atoms with Crippen molar-refractivity contribution >= 4 is 32.6 Å². The van der Waals surface area contributed by atoms with E-state index in [1.54, 1.807) is 0 Å². The van der Waals surface area contributed by atoms with E-state index < -0.39 is 0 Å². The molecule has 1 N–H and O–H groups in total. The minimum Gasteiger partial charge on any atom is -0.302 e. The van der Waals surface area contributed by atoms with Crippen molar-refractivity contribution in [1.82, 2.24) is 4.98 Å². The molecule has 0 aliphatic heterocycles. The highest BCUT2D eigenvalue weighted by Gasteiger charge is 2.08. The SMILES string of the molecule is CCCC(=O)Nc1nc2c(CC)cccc2s1. The van der Waals surface area contributed by atoms with Crippen molar-refractivity contribution in [2.24, 2.45) is 0 Å². The molecule has 1 amide bonds. The molecule has 0 radical (unpaired) electrons. The zero-order valence-electron chi connectivity index (χ0n) is 10.1. The average Bonchev–Trinajstić information content (AvgIpc) is 2.70. The van der Waals surface area contributed by atoms with Crippen LogP contribution in [0.2, 0.25) is 0 Å². The molecule has 0 fully saturated rings. The van der Waals surface area contributed by atoms with Crippen molar-refractivity contribution in [3.63, 3.8) is 0 Å². The Labute approximate surface area is 105 Å². The molecular formula is C13H16N2OS. The first kappa shape index (κ1) is 12.0. The van der Waals surface area contributed by atoms with Gasteiger partial charge in [-0.2, -0.15) is 0 Å². The number of carbonyl (C=O) groups is 1. The quantitative estimate of drug-likeness (QED) is 0.898. The zero-order chi connectivity index (χ0) is 12.3. The van der Waals surface area contributed by atoms with Crippen molar-refractivity contribution < 1.29 is 4.79 Å². The molecular weight excluding hydrogens is 232 g/mol. The second kappa shape index (κ2) is 5.27. The summed E-state index contributed by atoms with van der Waals surface area (Å²) in [7, 11) is 0. The lowest BCUT2D eigenvalue weighted by atomic mass is 10.1. The van der Waals surface area contributed by atoms with Crippen LogP contribution in [0.5, 0.6) is 0 Å². The summed E-state index contributed by atoms with van der Waals surface area (Å²) in [4.78, 5) is 16.0. The standard InChI is InChI=1S/C13H16N2OS/c1-3-6-11(16)14-13-15-12-9(4-2)7-5-8-10(12)17-13/h5,7-8H,3-4,6H2,1-2H3,(H,14,15,16). The summed E-state index contributed by atoms with van der Waals surface area (Å²) in [5, 5.41) is 3.56. The smallest absolute Gasteiger partial charge is 0.226 e. The van der Waals surface area contributed by atoms with Crippen LogP contribution in [-0.4, -0.2) is 10.9 Å². The molecule has 2 rings (SSSR count). The fourth-order valence-electron chi connectivity index (χ4n) is 1.75. The number of nitrogens with zero attached hydrogens (tertiary/aromatic N) is 1. The van der Waals surface area contributed by atoms with Gasteiger partial charge in [-0.25, -0.2) is 4.98 Å². The molecule has 2 aromatic rings. The van der Waals surface area contributed by atoms with Crippen LogP contribution in [0.3, 0.4) is 0 Å². The molecule has 0 spiro atoms. The first-order chi connectivity index (χ1) is 8.24. The molecule has 0 unspecified atom stereocenters. The normalized spacial score (nSPS) is 10.7. The number of thiazole rings is 1. The van der Waals surface area contributed by atoms with Crippen LogP contribution in [0.25, 0.3) is 10.2 Å². The van der Waals surface area contributed by atoms with Gasteiger partial charge >= 0.3 is 0 Å². The van der Waals surface area contributed by atoms with Crippen LogP contribution in [0.1, 0.15) is 32.3 Å². The van der Waals surface area contributed by atoms with Crippen LogP contribution in [0.15, 0.2) is 18.2 Å². The Kier molecular flexibility index (Phi) is 3.74. The molecule has 1 aromatic carbocycles. The van der Waals surface area contributed by atoms with E-state index in [-0.39, 0.29) is 5.91 Å². The summed E-state index contributed by atoms with van der Waals surface area (Å²) in [6.07, 6.45) is 2.37. The average molecular weight is 248 g/mol. The Morgan fingerprint density at radius 3 is 2.94 bits per heavy atom. The molecule has 0 bridgehead atoms. The van der Waals surface area contributed by atoms with Gasteiger partial charge in [0.15, 0.2) is 5.13 Å². The third-order valence-corrected chi connectivity index (χ3v) is 3.54. The number of carbonyl (C=O) groups excluding carboxylic acids is 1. The molecule has 0 atom stereocenters. The van der Waals surface area contributed by atoms with E-state index in [2.05, 4.69) is 23.3 Å². The summed E-state index contributed by atoms with van der Waals surface area (Å²) >= 11 is 1.54. The molecule has 90 valence electrons. The summed E-state index contributed by atoms with van der Waals surface area (Å²) < 4.78 is 1.14. The summed E-state index contributed by atoms with van der Waals surface area (Å²) in [5.74, 6) is 0.0459. The van der Waals surface area contributed by atoms with E-state index in [1.165, 1.54) is 16.9 Å². The Morgan fingerprint density at radius 1 is 1.41 bits per heavy atom. The van der Waals surface area contributed by atoms with E-state index >= 15 is 0 Å². The van der Waals surface area contributed by atoms with E-state index in [9.17, 15) is 4.79 Å². The number of aryl methyl sites for hydroxylation is 1. The van der Waals surface area contributed by atoms with Crippen molar-refractivity contribution in [3.8, 4) is 0 Å². The zero-order valence-corrected chi connectivity index (χ0v) is 10.9. The molecule has 4 heteroatoms. The lowest BCUT2D eigenvalue weighted by Gasteiger charge is -1.98. The lowest BCUT2D eigenvalue weighted by molar-refractivity contribution is -0.116. The van der Waals surface area contributed by atoms with Gasteiger partial charge in [-0.15, -0.1) is 0 Å². The molecule has 1 aromatic heterocycles. The molecule has 3 nitrogen and oxygen atoms in total. The maximum atomic E-state index is 11.5. The number of rotatable bonds is 4. The Bertz CT molecular complexity index is 533. The highest BCUT2D eigenvalue weighted by Crippen LogP contribution is 2.28. The van der Waals surface area contributed by atoms with Gasteiger partial charge in [-0.1, -0.05) is 37.3 Å². The number of hydrogen-bond acceptors (Lipinski definition) is 3. The monoisotopic (exact) mass is 248 g/mol. The number of anilines is 1. The van der Waals surface area contributed by atoms with Crippen molar-refractivity contribution in [1.29, 1.82) is 0 Å². The Morgan fingerprint density at radius 2 is 2.24 bits per heavy atom. The first-order valence-electron chi connectivity index (χ1n) is 5.92. The number of para-hydroxylation sites is 1. The summed E-state index contributed by atoms with van der Waals surface area (Å²) in [6, 6.07) is 6.17. The second-order valence-electron chi connectivity index (χ2n) is 3.93. The highest BCUT2D eigenvalue weighted by molar-refractivity contribution is 7.22. The third kappa shape index (κ3) is 2.64. The van der Waals surface area contributed by atoms with Gasteiger partial charge in [0.25, 0.3) is 0 Å². The van der Waals surface area contributed by atoms with Gasteiger partial charge in [0.1, 0.15) is 0 Å². The molecule has 0 saturated heterocycles. The summed E-state index contributed by atoms with van der Waals surface area (Å²) in [5.41, 5.74) is 2.25. The molecule has 17 heavy (non-hydrogen) atoms. The number of amides is 1. The minimum absolute atomic E-state index is 0.0459. The number of benzene rings is 1. The predicted octanol–water partition coefficient (Wildman–Crippen LogP) is 3.60. The van der Waals surface area contributed by atoms with Crippen LogP contribution in [-0.2, 0) is 11.2 Å². The lowest BCUT2D eigenvalue weighted by Crippen LogP contribution is -2.10. The summed E-state index contributed by atoms with van der Waals surface area (Å²) in [6.45, 7) is 4.11. The molecule has 0 saturated carbocycles. The molecule has 0 aliphatic carbocycles. The minimum atomic E-state index is 0.0459. The number of fused-ring (bicyclic) bond motifs is 1. The van der Waals surface area contributed by atoms with Gasteiger partial charge in [-0.05, 0) is 24.5 Å². The molecule has 1 heterocycles. The maximum absolute atomic E-state index is 11.5. The molecule has 0 aliphatic rings. The third-order valence-electron chi connectivity index (χ3n) is 2.61. The van der Waals surface area contributed by atoms with Crippen molar-refractivity contribution in [3.05, 3.63) is 23.8 Å². The highest BCUT2D eigenvalue weighted by atomic mass is 32.1. The number of hydrogen-bond donors (Lipinski definition) is 1. The fraction of sp³-hybridized carbons (Fsp3) is 0.385. The first-order valence-corrected chi connectivity index (χ1v) is 6.74. The van der Waals surface area contributed by atoms with E-state index in [0.29, 0.717) is 11.6 Å². The Balaban J connectivity index is 2.28. The van der Waals surface area contributed by atoms with Gasteiger partial charge in [0.05, 0.1) is 10.2 Å². The van der Waals surface area contributed by atoms with Gasteiger partial charge in [0, 0.05) is 6.42 Å². The van der Waals surface area contributed by atoms with Gasteiger partial charge in [0.2, 0.25) is 5.91 Å². The van der Waals surface area contributed by atoms with E-state index in [0.717, 1.165) is 23.1 Å². The van der Waals surface area contributed by atoms with Gasteiger partial charge < -0.3 is 5.32 Å². The number of nitrogens with one attached hydrogen (secondary N) is 1. The maximum Gasteiger partial charge on any atom is 0.226 e. The van der Waals surface area contributed by atoms with E-state index in [4.69, 9.17) is 0 Å². The largest absolute Gasteiger partial charge is 0.302 e. The Hall–Kier alpha value is -1.42. The van der Waals surface area contributed by atoms with Crippen LogP contribution < -0.4 is 5.32 Å². The van der Waals surface area contributed by atoms with Crippen molar-refractivity contribution in [2.45, 2.75) is 33.1 Å². The van der Waals surface area contributed by atoms with Crippen LogP contribution in [0.4, 0.5) is 5.13 Å². The van der Waals surface area contributed by atoms with Crippen molar-refractivity contribution in [2.75, 3.05) is 5.32 Å². The second-order valence-corrected chi connectivity index (χ2v) is 4.97. The van der Waals surface area contributed by atoms with E-state index in [1.807, 2.05) is 19.1 Å². The predicted molar refractivity (Wildman–Crippen MR) is 72.5 cm³/mol. The fourth-order valence-corrected chi connectivity index (χ4v) is 2.68. The number of aromatic nitrogens is 1. The van der Waals surface area contributed by atoms with Crippen LogP contribution in [0, 0.1) is 0 Å². The van der Waals surface area contributed by atoms with Gasteiger partial charge in [-0.3, -0.25) is 4.79 Å². The topological polar surface area (TPSA) is 42.0 Å².